The van der Waals surface area contributed by atoms with Gasteiger partial charge in [0.15, 0.2) is 0 Å². The van der Waals surface area contributed by atoms with Crippen molar-refractivity contribution in [1.82, 2.24) is 0 Å². The van der Waals surface area contributed by atoms with Gasteiger partial charge in [-0.15, -0.1) is 0 Å². The molecule has 0 aromatic heterocycles. The van der Waals surface area contributed by atoms with Gasteiger partial charge in [-0.25, -0.2) is 0 Å². The van der Waals surface area contributed by atoms with Gasteiger partial charge in [-0.3, -0.25) is 10.1 Å². The molecule has 0 unspecified atom stereocenters. The highest BCUT2D eigenvalue weighted by molar-refractivity contribution is 6.38. The number of rotatable bonds is 2. The summed E-state index contributed by atoms with van der Waals surface area (Å²) in [7, 11) is 3.60. The van der Waals surface area contributed by atoms with Gasteiger partial charge >= 0.3 is 5.69 Å². The molecule has 0 atom stereocenters. The maximum atomic E-state index is 10.5. The molecule has 76 valence electrons. The molecule has 6 heteroatoms. The van der Waals surface area contributed by atoms with Crippen LogP contribution in [0.1, 0.15) is 0 Å². The van der Waals surface area contributed by atoms with Crippen LogP contribution >= 0.6 is 23.2 Å². The van der Waals surface area contributed by atoms with Gasteiger partial charge in [-0.2, -0.15) is 0 Å². The number of hydrogen-bond donors (Lipinski definition) is 0. The standard InChI is InChI=1S/C8H8Cl2N2O2/c1-11(2)5-3-6(9)8(12(13)14)7(10)4-5/h3-4H,1-2H3. The van der Waals surface area contributed by atoms with E-state index >= 15 is 0 Å². The summed E-state index contributed by atoms with van der Waals surface area (Å²) >= 11 is 11.4. The van der Waals surface area contributed by atoms with Crippen molar-refractivity contribution in [3.8, 4) is 0 Å². The zero-order valence-corrected chi connectivity index (χ0v) is 9.13. The van der Waals surface area contributed by atoms with E-state index in [1.54, 1.807) is 19.0 Å². The number of nitro groups is 1. The molecule has 0 radical (unpaired) electrons. The molecule has 1 rings (SSSR count). The zero-order chi connectivity index (χ0) is 10.9. The number of hydrogen-bond acceptors (Lipinski definition) is 3. The van der Waals surface area contributed by atoms with E-state index in [-0.39, 0.29) is 15.7 Å². The topological polar surface area (TPSA) is 46.4 Å². The maximum absolute atomic E-state index is 10.5. The molecular formula is C8H8Cl2N2O2. The number of anilines is 1. The van der Waals surface area contributed by atoms with Crippen LogP contribution in [-0.2, 0) is 0 Å². The number of halogens is 2. The van der Waals surface area contributed by atoms with Crippen LogP contribution in [0, 0.1) is 10.1 Å². The molecule has 0 aliphatic rings. The van der Waals surface area contributed by atoms with Gasteiger partial charge in [-0.1, -0.05) is 23.2 Å². The zero-order valence-electron chi connectivity index (χ0n) is 7.62. The first-order valence-corrected chi connectivity index (χ1v) is 4.50. The summed E-state index contributed by atoms with van der Waals surface area (Å²) in [6.07, 6.45) is 0. The fourth-order valence-electron chi connectivity index (χ4n) is 0.985. The van der Waals surface area contributed by atoms with Crippen molar-refractivity contribution in [2.45, 2.75) is 0 Å². The van der Waals surface area contributed by atoms with Gasteiger partial charge < -0.3 is 4.90 Å². The molecule has 0 aliphatic carbocycles. The molecule has 0 saturated carbocycles. The van der Waals surface area contributed by atoms with Crippen LogP contribution in [0.25, 0.3) is 0 Å². The molecule has 0 amide bonds. The third-order valence-corrected chi connectivity index (χ3v) is 2.28. The fraction of sp³-hybridized carbons (Fsp3) is 0.250. The van der Waals surface area contributed by atoms with Crippen molar-refractivity contribution >= 4 is 34.6 Å². The third-order valence-electron chi connectivity index (χ3n) is 1.70. The van der Waals surface area contributed by atoms with Gasteiger partial charge in [0, 0.05) is 19.8 Å². The Morgan fingerprint density at radius 1 is 1.29 bits per heavy atom. The molecule has 4 nitrogen and oxygen atoms in total. The third kappa shape index (κ3) is 2.08. The Bertz CT molecular complexity index is 357. The largest absolute Gasteiger partial charge is 0.378 e. The van der Waals surface area contributed by atoms with Crippen molar-refractivity contribution in [2.24, 2.45) is 0 Å². The summed E-state index contributed by atoms with van der Waals surface area (Å²) < 4.78 is 0. The lowest BCUT2D eigenvalue weighted by atomic mass is 10.2. The Morgan fingerprint density at radius 3 is 2.00 bits per heavy atom. The van der Waals surface area contributed by atoms with Crippen molar-refractivity contribution in [3.63, 3.8) is 0 Å². The van der Waals surface area contributed by atoms with E-state index in [4.69, 9.17) is 23.2 Å². The molecule has 0 saturated heterocycles. The number of benzene rings is 1. The van der Waals surface area contributed by atoms with Crippen LogP contribution in [0.5, 0.6) is 0 Å². The Labute approximate surface area is 91.2 Å². The number of nitro benzene ring substituents is 1. The Morgan fingerprint density at radius 2 is 1.71 bits per heavy atom. The molecule has 1 aromatic carbocycles. The lowest BCUT2D eigenvalue weighted by Gasteiger charge is -2.12. The normalized spacial score (nSPS) is 10.0. The molecule has 1 aromatic rings. The first-order valence-electron chi connectivity index (χ1n) is 3.74. The minimum Gasteiger partial charge on any atom is -0.378 e. The van der Waals surface area contributed by atoms with Crippen LogP contribution < -0.4 is 4.90 Å². The second kappa shape index (κ2) is 4.02. The Kier molecular flexibility index (Phi) is 3.18. The summed E-state index contributed by atoms with van der Waals surface area (Å²) in [5, 5.41) is 10.6. The minimum atomic E-state index is -0.593. The van der Waals surface area contributed by atoms with Gasteiger partial charge in [0.1, 0.15) is 10.0 Å². The Hall–Kier alpha value is -1.00. The average molecular weight is 235 g/mol. The summed E-state index contributed by atoms with van der Waals surface area (Å²) in [6, 6.07) is 3.01. The SMILES string of the molecule is CN(C)c1cc(Cl)c([N+](=O)[O-])c(Cl)c1. The van der Waals surface area contributed by atoms with E-state index in [0.29, 0.717) is 0 Å². The quantitative estimate of drug-likeness (QED) is 0.584. The summed E-state index contributed by atoms with van der Waals surface area (Å²) in [5.74, 6) is 0. The lowest BCUT2D eigenvalue weighted by molar-refractivity contribution is -0.384. The highest BCUT2D eigenvalue weighted by Gasteiger charge is 2.19. The summed E-state index contributed by atoms with van der Waals surface area (Å²) in [4.78, 5) is 11.7. The lowest BCUT2D eigenvalue weighted by Crippen LogP contribution is -2.08. The molecule has 0 fully saturated rings. The van der Waals surface area contributed by atoms with Crippen molar-refractivity contribution in [1.29, 1.82) is 0 Å². The first kappa shape index (κ1) is 11.1. The van der Waals surface area contributed by atoms with Gasteiger partial charge in [0.25, 0.3) is 0 Å². The van der Waals surface area contributed by atoms with Crippen LogP contribution in [0.15, 0.2) is 12.1 Å². The smallest absolute Gasteiger partial charge is 0.306 e. The van der Waals surface area contributed by atoms with Crippen LogP contribution in [-0.4, -0.2) is 19.0 Å². The summed E-state index contributed by atoms with van der Waals surface area (Å²) in [5.41, 5.74) is 0.476. The highest BCUT2D eigenvalue weighted by atomic mass is 35.5. The van der Waals surface area contributed by atoms with E-state index in [9.17, 15) is 10.1 Å². The number of nitrogens with zero attached hydrogens (tertiary/aromatic N) is 2. The predicted octanol–water partition coefficient (Wildman–Crippen LogP) is 2.97. The molecule has 0 spiro atoms. The maximum Gasteiger partial charge on any atom is 0.306 e. The van der Waals surface area contributed by atoms with Crippen molar-refractivity contribution in [2.75, 3.05) is 19.0 Å². The van der Waals surface area contributed by atoms with Crippen molar-refractivity contribution < 1.29 is 4.92 Å². The fourth-order valence-corrected chi connectivity index (χ4v) is 1.60. The molecular weight excluding hydrogens is 227 g/mol. The average Bonchev–Trinajstić information content (AvgIpc) is 2.01. The van der Waals surface area contributed by atoms with E-state index in [2.05, 4.69) is 0 Å². The van der Waals surface area contributed by atoms with Crippen LogP contribution in [0.4, 0.5) is 11.4 Å². The van der Waals surface area contributed by atoms with Crippen molar-refractivity contribution in [3.05, 3.63) is 32.3 Å². The Balaban J connectivity index is 3.32. The van der Waals surface area contributed by atoms with Gasteiger partial charge in [0.05, 0.1) is 4.92 Å². The van der Waals surface area contributed by atoms with E-state index in [0.717, 1.165) is 5.69 Å². The first-order chi connectivity index (χ1) is 6.43. The van der Waals surface area contributed by atoms with Gasteiger partial charge in [-0.05, 0) is 12.1 Å². The van der Waals surface area contributed by atoms with Crippen LogP contribution in [0.2, 0.25) is 10.0 Å². The van der Waals surface area contributed by atoms with Gasteiger partial charge in [0.2, 0.25) is 0 Å². The second-order valence-electron chi connectivity index (χ2n) is 2.91. The monoisotopic (exact) mass is 234 g/mol. The summed E-state index contributed by atoms with van der Waals surface area (Å²) in [6.45, 7) is 0. The molecule has 0 bridgehead atoms. The highest BCUT2D eigenvalue weighted by Crippen LogP contribution is 2.35. The molecule has 0 aliphatic heterocycles. The van der Waals surface area contributed by atoms with E-state index in [1.165, 1.54) is 12.1 Å². The minimum absolute atomic E-state index is 0.0474. The van der Waals surface area contributed by atoms with E-state index in [1.807, 2.05) is 0 Å². The molecule has 0 N–H and O–H groups in total. The van der Waals surface area contributed by atoms with Crippen LogP contribution in [0.3, 0.4) is 0 Å². The second-order valence-corrected chi connectivity index (χ2v) is 3.72. The molecule has 14 heavy (non-hydrogen) atoms. The van der Waals surface area contributed by atoms with E-state index < -0.39 is 4.92 Å². The predicted molar refractivity (Wildman–Crippen MR) is 57.4 cm³/mol. The molecule has 0 heterocycles.